The second-order valence-corrected chi connectivity index (χ2v) is 9.14. The van der Waals surface area contributed by atoms with E-state index in [9.17, 15) is 8.42 Å². The third-order valence-corrected chi connectivity index (χ3v) is 6.30. The summed E-state index contributed by atoms with van der Waals surface area (Å²) in [5, 5.41) is 0.0696. The van der Waals surface area contributed by atoms with Crippen LogP contribution in [-0.2, 0) is 10.0 Å². The van der Waals surface area contributed by atoms with E-state index in [0.717, 1.165) is 0 Å². The van der Waals surface area contributed by atoms with Gasteiger partial charge in [0.2, 0.25) is 11.8 Å². The monoisotopic (exact) mass is 461 g/mol. The van der Waals surface area contributed by atoms with Gasteiger partial charge in [0.05, 0.1) is 14.7 Å². The number of nitrogens with zero attached hydrogens (tertiary/aromatic N) is 2. The zero-order chi connectivity index (χ0) is 14.9. The van der Waals surface area contributed by atoms with E-state index >= 15 is 0 Å². The average molecular weight is 464 g/mol. The molecule has 0 fully saturated rings. The summed E-state index contributed by atoms with van der Waals surface area (Å²) in [4.78, 5) is 7.74. The van der Waals surface area contributed by atoms with Crippen molar-refractivity contribution in [2.45, 2.75) is 4.90 Å². The maximum absolute atomic E-state index is 12.2. The number of halogens is 3. The Morgan fingerprint density at radius 2 is 2.05 bits per heavy atom. The van der Waals surface area contributed by atoms with Crippen molar-refractivity contribution in [1.29, 1.82) is 0 Å². The molecule has 0 aliphatic carbocycles. The topological polar surface area (TPSA) is 81.2 Å². The molecular weight excluding hydrogens is 458 g/mol. The summed E-state index contributed by atoms with van der Waals surface area (Å²) in [5.41, 5.74) is 0. The molecule has 108 valence electrons. The van der Waals surface area contributed by atoms with E-state index < -0.39 is 10.0 Å². The molecule has 0 saturated carbocycles. The molecule has 0 aliphatic rings. The number of rotatable bonds is 4. The third-order valence-electron chi connectivity index (χ3n) is 2.02. The zero-order valence-corrected chi connectivity index (χ0v) is 15.3. The first-order chi connectivity index (χ1) is 9.31. The fraction of sp³-hybridized carbons (Fsp3) is 0.111. The van der Waals surface area contributed by atoms with Crippen LogP contribution in [0.15, 0.2) is 24.6 Å². The summed E-state index contributed by atoms with van der Waals surface area (Å²) < 4.78 is 32.7. The van der Waals surface area contributed by atoms with Gasteiger partial charge in [-0.1, -0.05) is 11.6 Å². The minimum absolute atomic E-state index is 0.0696. The van der Waals surface area contributed by atoms with Crippen LogP contribution < -0.4 is 9.46 Å². The van der Waals surface area contributed by atoms with Crippen LogP contribution in [-0.4, -0.2) is 25.5 Å². The largest absolute Gasteiger partial charge is 0.481 e. The Kier molecular flexibility index (Phi) is 4.90. The molecule has 1 N–H and O–H groups in total. The van der Waals surface area contributed by atoms with Gasteiger partial charge in [-0.05, 0) is 37.9 Å². The van der Waals surface area contributed by atoms with Crippen molar-refractivity contribution in [3.63, 3.8) is 0 Å². The molecule has 0 aromatic carbocycles. The second kappa shape index (κ2) is 6.14. The Hall–Kier alpha value is -0.420. The molecular formula is C9H6Br2ClN3O3S2. The van der Waals surface area contributed by atoms with E-state index in [1.807, 2.05) is 0 Å². The van der Waals surface area contributed by atoms with Gasteiger partial charge >= 0.3 is 0 Å². The van der Waals surface area contributed by atoms with Crippen molar-refractivity contribution in [2.75, 3.05) is 11.8 Å². The Morgan fingerprint density at radius 1 is 1.35 bits per heavy atom. The lowest BCUT2D eigenvalue weighted by atomic mass is 10.6. The van der Waals surface area contributed by atoms with Crippen LogP contribution >= 0.6 is 54.8 Å². The van der Waals surface area contributed by atoms with E-state index in [1.165, 1.54) is 30.6 Å². The highest BCUT2D eigenvalue weighted by Gasteiger charge is 2.22. The maximum Gasteiger partial charge on any atom is 0.266 e. The molecule has 6 nitrogen and oxygen atoms in total. The lowest BCUT2D eigenvalue weighted by Gasteiger charge is -2.07. The Labute approximate surface area is 140 Å². The van der Waals surface area contributed by atoms with Crippen molar-refractivity contribution < 1.29 is 13.2 Å². The van der Waals surface area contributed by atoms with E-state index in [1.54, 1.807) is 0 Å². The van der Waals surface area contributed by atoms with E-state index in [2.05, 4.69) is 46.5 Å². The molecule has 2 rings (SSSR count). The smallest absolute Gasteiger partial charge is 0.266 e. The molecule has 0 saturated heterocycles. The number of nitrogens with one attached hydrogen (secondary N) is 1. The van der Waals surface area contributed by atoms with Gasteiger partial charge in [-0.3, -0.25) is 0 Å². The predicted octanol–water partition coefficient (Wildman–Crippen LogP) is 3.53. The molecule has 0 atom stereocenters. The van der Waals surface area contributed by atoms with Gasteiger partial charge in [-0.25, -0.2) is 18.1 Å². The van der Waals surface area contributed by atoms with Gasteiger partial charge in [0, 0.05) is 6.07 Å². The Morgan fingerprint density at radius 3 is 2.60 bits per heavy atom. The molecule has 0 bridgehead atoms. The molecule has 0 unspecified atom stereocenters. The molecule has 20 heavy (non-hydrogen) atoms. The van der Waals surface area contributed by atoms with Gasteiger partial charge in [0.1, 0.15) is 10.0 Å². The molecule has 11 heteroatoms. The molecule has 2 aromatic rings. The summed E-state index contributed by atoms with van der Waals surface area (Å²) >= 11 is 13.4. The quantitative estimate of drug-likeness (QED) is 0.702. The first kappa shape index (κ1) is 16.0. The highest BCUT2D eigenvalue weighted by Crippen LogP contribution is 2.35. The van der Waals surface area contributed by atoms with Gasteiger partial charge in [-0.2, -0.15) is 4.98 Å². The molecule has 0 radical (unpaired) electrons. The summed E-state index contributed by atoms with van der Waals surface area (Å²) in [6.45, 7) is 0. The molecule has 0 amide bonds. The van der Waals surface area contributed by atoms with Gasteiger partial charge in [0.25, 0.3) is 10.0 Å². The number of sulfonamides is 1. The van der Waals surface area contributed by atoms with Crippen LogP contribution in [0.4, 0.5) is 5.95 Å². The summed E-state index contributed by atoms with van der Waals surface area (Å²) in [6, 6.07) is 2.84. The fourth-order valence-corrected chi connectivity index (χ4v) is 6.16. The molecule has 2 heterocycles. The third kappa shape index (κ3) is 3.61. The Balaban J connectivity index is 2.38. The van der Waals surface area contributed by atoms with Crippen molar-refractivity contribution in [3.05, 3.63) is 24.9 Å². The van der Waals surface area contributed by atoms with E-state index in [0.29, 0.717) is 7.57 Å². The average Bonchev–Trinajstić information content (AvgIpc) is 2.67. The lowest BCUT2D eigenvalue weighted by Crippen LogP contribution is -2.15. The minimum atomic E-state index is -3.82. The SMILES string of the molecule is COc1cc(Cl)nc(NS(=O)(=O)c2cc(Br)sc2Br)n1. The number of aromatic nitrogens is 2. The lowest BCUT2D eigenvalue weighted by molar-refractivity contribution is 0.397. The predicted molar refractivity (Wildman–Crippen MR) is 84.1 cm³/mol. The summed E-state index contributed by atoms with van der Waals surface area (Å²) in [7, 11) is -2.43. The number of ether oxygens (including phenoxy) is 1. The molecule has 0 aliphatic heterocycles. The Bertz CT molecular complexity index is 751. The van der Waals surface area contributed by atoms with Gasteiger partial charge in [-0.15, -0.1) is 11.3 Å². The number of hydrogen-bond donors (Lipinski definition) is 1. The zero-order valence-electron chi connectivity index (χ0n) is 9.72. The van der Waals surface area contributed by atoms with Gasteiger partial charge in [0.15, 0.2) is 0 Å². The first-order valence-electron chi connectivity index (χ1n) is 4.88. The molecule has 2 aromatic heterocycles. The second-order valence-electron chi connectivity index (χ2n) is 3.35. The van der Waals surface area contributed by atoms with Crippen LogP contribution in [0.3, 0.4) is 0 Å². The minimum Gasteiger partial charge on any atom is -0.481 e. The standard InChI is InChI=1S/C9H6Br2ClN3O3S2/c1-18-7-3-6(12)13-9(14-7)15-20(16,17)4-2-5(10)19-8(4)11/h2-3H,1H3,(H,13,14,15). The van der Waals surface area contributed by atoms with Gasteiger partial charge < -0.3 is 4.74 Å². The van der Waals surface area contributed by atoms with Crippen molar-refractivity contribution in [1.82, 2.24) is 9.97 Å². The van der Waals surface area contributed by atoms with Crippen molar-refractivity contribution >= 4 is 70.8 Å². The van der Waals surface area contributed by atoms with Crippen LogP contribution in [0.5, 0.6) is 5.88 Å². The van der Waals surface area contributed by atoms with Crippen LogP contribution in [0, 0.1) is 0 Å². The van der Waals surface area contributed by atoms with Crippen molar-refractivity contribution in [2.24, 2.45) is 0 Å². The number of methoxy groups -OCH3 is 1. The van der Waals surface area contributed by atoms with Crippen LogP contribution in [0.1, 0.15) is 0 Å². The van der Waals surface area contributed by atoms with Crippen LogP contribution in [0.2, 0.25) is 5.15 Å². The number of anilines is 1. The summed E-state index contributed by atoms with van der Waals surface area (Å²) in [6.07, 6.45) is 0. The first-order valence-corrected chi connectivity index (χ1v) is 9.14. The molecule has 0 spiro atoms. The number of thiophene rings is 1. The van der Waals surface area contributed by atoms with Crippen LogP contribution in [0.25, 0.3) is 0 Å². The van der Waals surface area contributed by atoms with Crippen molar-refractivity contribution in [3.8, 4) is 5.88 Å². The maximum atomic E-state index is 12.2. The van der Waals surface area contributed by atoms with E-state index in [4.69, 9.17) is 16.3 Å². The highest BCUT2D eigenvalue weighted by molar-refractivity contribution is 9.12. The normalized spacial score (nSPS) is 11.4. The highest BCUT2D eigenvalue weighted by atomic mass is 79.9. The summed E-state index contributed by atoms with van der Waals surface area (Å²) in [5.74, 6) is -0.00293. The fourth-order valence-electron chi connectivity index (χ4n) is 1.23. The number of hydrogen-bond acceptors (Lipinski definition) is 6. The van der Waals surface area contributed by atoms with E-state index in [-0.39, 0.29) is 21.9 Å².